The third-order valence-electron chi connectivity index (χ3n) is 3.63. The minimum Gasteiger partial charge on any atom is -0.476 e. The Labute approximate surface area is 116 Å². The van der Waals surface area contributed by atoms with Crippen LogP contribution < -0.4 is 0 Å². The molecular weight excluding hydrogens is 258 g/mol. The van der Waals surface area contributed by atoms with Crippen LogP contribution in [0.5, 0.6) is 0 Å². The molecule has 0 spiro atoms. The second-order valence-corrected chi connectivity index (χ2v) is 5.02. The molecular formula is C14H17N3O3. The quantitative estimate of drug-likeness (QED) is 0.908. The van der Waals surface area contributed by atoms with Gasteiger partial charge in [0.25, 0.3) is 0 Å². The van der Waals surface area contributed by atoms with Crippen molar-refractivity contribution in [1.29, 1.82) is 0 Å². The summed E-state index contributed by atoms with van der Waals surface area (Å²) in [6.07, 6.45) is 0. The van der Waals surface area contributed by atoms with Crippen LogP contribution in [0.2, 0.25) is 0 Å². The number of nitrogens with zero attached hydrogens (tertiary/aromatic N) is 3. The minimum atomic E-state index is -0.987. The number of rotatable bonds is 3. The molecule has 0 atom stereocenters. The highest BCUT2D eigenvalue weighted by Gasteiger charge is 2.16. The number of aromatic carboxylic acids is 1. The fourth-order valence-electron chi connectivity index (χ4n) is 2.59. The molecule has 0 aliphatic carbocycles. The topological polar surface area (TPSA) is 67.6 Å². The molecule has 20 heavy (non-hydrogen) atoms. The first-order chi connectivity index (χ1) is 9.65. The van der Waals surface area contributed by atoms with Crippen LogP contribution >= 0.6 is 0 Å². The van der Waals surface area contributed by atoms with E-state index >= 15 is 0 Å². The van der Waals surface area contributed by atoms with E-state index in [4.69, 9.17) is 4.74 Å². The molecule has 0 bridgehead atoms. The van der Waals surface area contributed by atoms with Crippen molar-refractivity contribution in [3.63, 3.8) is 0 Å². The zero-order valence-corrected chi connectivity index (χ0v) is 11.4. The largest absolute Gasteiger partial charge is 0.476 e. The third kappa shape index (κ3) is 2.39. The highest BCUT2D eigenvalue weighted by molar-refractivity contribution is 6.01. The van der Waals surface area contributed by atoms with Gasteiger partial charge >= 0.3 is 5.97 Å². The lowest BCUT2D eigenvalue weighted by molar-refractivity contribution is 0.0342. The average Bonchev–Trinajstić information content (AvgIpc) is 2.77. The molecule has 1 aromatic heterocycles. The van der Waals surface area contributed by atoms with E-state index in [9.17, 15) is 9.90 Å². The summed E-state index contributed by atoms with van der Waals surface area (Å²) < 4.78 is 6.94. The van der Waals surface area contributed by atoms with Gasteiger partial charge in [-0.3, -0.25) is 9.58 Å². The molecule has 6 nitrogen and oxygen atoms in total. The van der Waals surface area contributed by atoms with Crippen LogP contribution in [0.4, 0.5) is 0 Å². The van der Waals surface area contributed by atoms with Gasteiger partial charge in [-0.05, 0) is 17.7 Å². The summed E-state index contributed by atoms with van der Waals surface area (Å²) in [4.78, 5) is 13.5. The van der Waals surface area contributed by atoms with Crippen LogP contribution in [-0.2, 0) is 18.3 Å². The maximum Gasteiger partial charge on any atom is 0.357 e. The molecule has 2 aromatic rings. The zero-order chi connectivity index (χ0) is 14.1. The van der Waals surface area contributed by atoms with Gasteiger partial charge < -0.3 is 9.84 Å². The van der Waals surface area contributed by atoms with Crippen LogP contribution in [0, 0.1) is 0 Å². The highest BCUT2D eigenvalue weighted by atomic mass is 16.5. The van der Waals surface area contributed by atoms with Crippen LogP contribution in [-0.4, -0.2) is 52.1 Å². The van der Waals surface area contributed by atoms with Crippen LogP contribution in [0.3, 0.4) is 0 Å². The van der Waals surface area contributed by atoms with Gasteiger partial charge in [0.15, 0.2) is 5.69 Å². The predicted octanol–water partition coefficient (Wildman–Crippen LogP) is 1.10. The normalized spacial score (nSPS) is 16.6. The number of fused-ring (bicyclic) bond motifs is 1. The molecule has 106 valence electrons. The Morgan fingerprint density at radius 1 is 1.40 bits per heavy atom. The van der Waals surface area contributed by atoms with Crippen molar-refractivity contribution >= 4 is 16.9 Å². The number of carboxylic acid groups (broad SMARTS) is 1. The molecule has 0 saturated carbocycles. The first kappa shape index (κ1) is 13.1. The maximum absolute atomic E-state index is 11.2. The molecule has 0 unspecified atom stereocenters. The Bertz CT molecular complexity index is 644. The highest BCUT2D eigenvalue weighted by Crippen LogP contribution is 2.21. The molecule has 2 heterocycles. The van der Waals surface area contributed by atoms with E-state index in [2.05, 4.69) is 10.00 Å². The molecule has 3 rings (SSSR count). The lowest BCUT2D eigenvalue weighted by Gasteiger charge is -2.26. The minimum absolute atomic E-state index is 0.117. The van der Waals surface area contributed by atoms with E-state index in [1.165, 1.54) is 0 Å². The van der Waals surface area contributed by atoms with Gasteiger partial charge in [-0.25, -0.2) is 4.79 Å². The molecule has 1 aliphatic rings. The number of hydrogen-bond donors (Lipinski definition) is 1. The number of aromatic nitrogens is 2. The Morgan fingerprint density at radius 2 is 2.15 bits per heavy atom. The van der Waals surface area contributed by atoms with E-state index < -0.39 is 5.97 Å². The fraction of sp³-hybridized carbons (Fsp3) is 0.429. The van der Waals surface area contributed by atoms with Crippen molar-refractivity contribution in [2.45, 2.75) is 6.54 Å². The van der Waals surface area contributed by atoms with Gasteiger partial charge in [0.05, 0.1) is 18.7 Å². The molecule has 1 aromatic carbocycles. The van der Waals surface area contributed by atoms with Gasteiger partial charge in [-0.2, -0.15) is 5.10 Å². The molecule has 1 N–H and O–H groups in total. The summed E-state index contributed by atoms with van der Waals surface area (Å²) >= 11 is 0. The van der Waals surface area contributed by atoms with Crippen LogP contribution in [0.15, 0.2) is 18.2 Å². The number of morpholine rings is 1. The number of carbonyl (C=O) groups is 1. The van der Waals surface area contributed by atoms with E-state index in [0.717, 1.165) is 43.9 Å². The van der Waals surface area contributed by atoms with Crippen LogP contribution in [0.1, 0.15) is 16.1 Å². The van der Waals surface area contributed by atoms with Crippen molar-refractivity contribution in [1.82, 2.24) is 14.7 Å². The number of carboxylic acids is 1. The molecule has 1 fully saturated rings. The molecule has 0 amide bonds. The Kier molecular flexibility index (Phi) is 3.42. The maximum atomic E-state index is 11.2. The lowest BCUT2D eigenvalue weighted by Crippen LogP contribution is -2.35. The number of aryl methyl sites for hydroxylation is 1. The first-order valence-corrected chi connectivity index (χ1v) is 6.64. The number of hydrogen-bond acceptors (Lipinski definition) is 4. The van der Waals surface area contributed by atoms with E-state index in [0.29, 0.717) is 5.39 Å². The van der Waals surface area contributed by atoms with Gasteiger partial charge in [-0.15, -0.1) is 0 Å². The predicted molar refractivity (Wildman–Crippen MR) is 73.8 cm³/mol. The molecule has 6 heteroatoms. The molecule has 1 aliphatic heterocycles. The second-order valence-electron chi connectivity index (χ2n) is 5.02. The van der Waals surface area contributed by atoms with Gasteiger partial charge in [-0.1, -0.05) is 6.07 Å². The Hall–Kier alpha value is -1.92. The van der Waals surface area contributed by atoms with Crippen LogP contribution in [0.25, 0.3) is 10.9 Å². The van der Waals surface area contributed by atoms with E-state index in [1.807, 2.05) is 18.2 Å². The van der Waals surface area contributed by atoms with E-state index in [1.54, 1.807) is 11.7 Å². The van der Waals surface area contributed by atoms with Crippen molar-refractivity contribution in [3.8, 4) is 0 Å². The number of benzene rings is 1. The summed E-state index contributed by atoms with van der Waals surface area (Å²) in [5, 5.41) is 14.0. The van der Waals surface area contributed by atoms with Crippen molar-refractivity contribution < 1.29 is 14.6 Å². The smallest absolute Gasteiger partial charge is 0.357 e. The summed E-state index contributed by atoms with van der Waals surface area (Å²) in [6.45, 7) is 4.16. The summed E-state index contributed by atoms with van der Waals surface area (Å²) in [5.74, 6) is -0.987. The zero-order valence-electron chi connectivity index (χ0n) is 11.4. The monoisotopic (exact) mass is 275 g/mol. The van der Waals surface area contributed by atoms with Crippen molar-refractivity contribution in [2.24, 2.45) is 7.05 Å². The summed E-state index contributed by atoms with van der Waals surface area (Å²) in [6, 6.07) is 5.90. The summed E-state index contributed by atoms with van der Waals surface area (Å²) in [5.41, 5.74) is 2.06. The Balaban J connectivity index is 1.92. The standard InChI is InChI=1S/C14H17N3O3/c1-16-12-3-2-10(9-17-4-6-20-7-5-17)8-11(12)13(15-16)14(18)19/h2-3,8H,4-7,9H2,1H3,(H,18,19). The number of ether oxygens (including phenoxy) is 1. The summed E-state index contributed by atoms with van der Waals surface area (Å²) in [7, 11) is 1.76. The Morgan fingerprint density at radius 3 is 2.85 bits per heavy atom. The SMILES string of the molecule is Cn1nc(C(=O)O)c2cc(CN3CCOCC3)ccc21. The van der Waals surface area contributed by atoms with E-state index in [-0.39, 0.29) is 5.69 Å². The second kappa shape index (κ2) is 5.22. The average molecular weight is 275 g/mol. The third-order valence-corrected chi connectivity index (χ3v) is 3.63. The fourth-order valence-corrected chi connectivity index (χ4v) is 2.59. The van der Waals surface area contributed by atoms with Gasteiger partial charge in [0, 0.05) is 32.1 Å². The lowest BCUT2D eigenvalue weighted by atomic mass is 10.1. The van der Waals surface area contributed by atoms with Gasteiger partial charge in [0.1, 0.15) is 0 Å². The molecule has 1 saturated heterocycles. The molecule has 0 radical (unpaired) electrons. The van der Waals surface area contributed by atoms with Crippen molar-refractivity contribution in [3.05, 3.63) is 29.5 Å². The first-order valence-electron chi connectivity index (χ1n) is 6.64. The van der Waals surface area contributed by atoms with Crippen molar-refractivity contribution in [2.75, 3.05) is 26.3 Å². The van der Waals surface area contributed by atoms with Gasteiger partial charge in [0.2, 0.25) is 0 Å².